The summed E-state index contributed by atoms with van der Waals surface area (Å²) in [5.74, 6) is 0.0511. The van der Waals surface area contributed by atoms with Crippen molar-refractivity contribution in [3.8, 4) is 0 Å². The lowest BCUT2D eigenvalue weighted by Gasteiger charge is -2.22. The van der Waals surface area contributed by atoms with Gasteiger partial charge >= 0.3 is 0 Å². The molecule has 1 fully saturated rings. The summed E-state index contributed by atoms with van der Waals surface area (Å²) >= 11 is 0. The number of amides is 1. The zero-order valence-corrected chi connectivity index (χ0v) is 13.6. The van der Waals surface area contributed by atoms with E-state index < -0.39 is 0 Å². The minimum absolute atomic E-state index is 0.0511. The Hall–Kier alpha value is -2.36. The number of likely N-dealkylation sites (tertiary alicyclic amines) is 1. The van der Waals surface area contributed by atoms with Crippen LogP contribution in [0.4, 0.5) is 11.4 Å². The molecule has 1 aromatic heterocycles. The molecule has 1 aliphatic heterocycles. The molecule has 0 saturated carbocycles. The Morgan fingerprint density at radius 3 is 2.39 bits per heavy atom. The molecule has 1 aliphatic rings. The van der Waals surface area contributed by atoms with E-state index in [0.717, 1.165) is 37.3 Å². The fraction of sp³-hybridized carbons (Fsp3) is 0.368. The van der Waals surface area contributed by atoms with Crippen LogP contribution in [0.3, 0.4) is 0 Å². The summed E-state index contributed by atoms with van der Waals surface area (Å²) in [6, 6.07) is 13.9. The zero-order chi connectivity index (χ0) is 16.1. The van der Waals surface area contributed by atoms with Crippen LogP contribution in [0.1, 0.15) is 36.2 Å². The first-order valence-electron chi connectivity index (χ1n) is 8.30. The van der Waals surface area contributed by atoms with Crippen LogP contribution in [0.25, 0.3) is 0 Å². The summed E-state index contributed by atoms with van der Waals surface area (Å²) in [5, 5.41) is 0. The largest absolute Gasteiger partial charge is 0.345 e. The van der Waals surface area contributed by atoms with Crippen molar-refractivity contribution in [1.29, 1.82) is 0 Å². The third kappa shape index (κ3) is 3.70. The summed E-state index contributed by atoms with van der Waals surface area (Å²) < 4.78 is 0. The summed E-state index contributed by atoms with van der Waals surface area (Å²) in [5.41, 5.74) is 2.60. The molecule has 120 valence electrons. The van der Waals surface area contributed by atoms with Gasteiger partial charge in [-0.2, -0.15) is 0 Å². The van der Waals surface area contributed by atoms with Crippen molar-refractivity contribution in [2.75, 3.05) is 25.0 Å². The SMILES string of the molecule is CN(c1ccccc1)c1ccnc(C(=O)N2CCCCCC2)c1. The number of aromatic nitrogens is 1. The van der Waals surface area contributed by atoms with Crippen LogP contribution in [0.15, 0.2) is 48.7 Å². The molecule has 1 amide bonds. The quantitative estimate of drug-likeness (QED) is 0.863. The van der Waals surface area contributed by atoms with Crippen LogP contribution in [0.2, 0.25) is 0 Å². The molecule has 1 aromatic carbocycles. The lowest BCUT2D eigenvalue weighted by Crippen LogP contribution is -2.32. The van der Waals surface area contributed by atoms with Crippen LogP contribution < -0.4 is 4.90 Å². The normalized spacial score (nSPS) is 15.1. The van der Waals surface area contributed by atoms with E-state index in [9.17, 15) is 4.79 Å². The second-order valence-corrected chi connectivity index (χ2v) is 6.00. The molecule has 0 bridgehead atoms. The molecule has 23 heavy (non-hydrogen) atoms. The van der Waals surface area contributed by atoms with E-state index in [0.29, 0.717) is 5.69 Å². The van der Waals surface area contributed by atoms with Gasteiger partial charge in [-0.3, -0.25) is 9.78 Å². The van der Waals surface area contributed by atoms with Crippen LogP contribution in [0, 0.1) is 0 Å². The van der Waals surface area contributed by atoms with Gasteiger partial charge in [0, 0.05) is 37.7 Å². The molecule has 0 aliphatic carbocycles. The first kappa shape index (κ1) is 15.5. The van der Waals surface area contributed by atoms with E-state index in [1.54, 1.807) is 6.20 Å². The number of pyridine rings is 1. The average molecular weight is 309 g/mol. The first-order chi connectivity index (χ1) is 11.3. The smallest absolute Gasteiger partial charge is 0.272 e. The number of benzene rings is 1. The molecule has 4 nitrogen and oxygen atoms in total. The fourth-order valence-corrected chi connectivity index (χ4v) is 2.98. The summed E-state index contributed by atoms with van der Waals surface area (Å²) in [7, 11) is 2.00. The van der Waals surface area contributed by atoms with Crippen LogP contribution in [0.5, 0.6) is 0 Å². The molecular formula is C19H23N3O. The fourth-order valence-electron chi connectivity index (χ4n) is 2.98. The van der Waals surface area contributed by atoms with Gasteiger partial charge in [0.2, 0.25) is 0 Å². The second-order valence-electron chi connectivity index (χ2n) is 6.00. The molecule has 0 spiro atoms. The number of carbonyl (C=O) groups excluding carboxylic acids is 1. The van der Waals surface area contributed by atoms with Gasteiger partial charge in [0.1, 0.15) is 5.69 Å². The first-order valence-corrected chi connectivity index (χ1v) is 8.30. The maximum atomic E-state index is 12.7. The third-order valence-electron chi connectivity index (χ3n) is 4.39. The molecule has 3 rings (SSSR count). The van der Waals surface area contributed by atoms with E-state index in [-0.39, 0.29) is 5.91 Å². The Bertz CT molecular complexity index is 649. The summed E-state index contributed by atoms with van der Waals surface area (Å²) in [4.78, 5) is 21.0. The Morgan fingerprint density at radius 1 is 1.00 bits per heavy atom. The van der Waals surface area contributed by atoms with E-state index in [4.69, 9.17) is 0 Å². The molecular weight excluding hydrogens is 286 g/mol. The molecule has 4 heteroatoms. The highest BCUT2D eigenvalue weighted by molar-refractivity contribution is 5.93. The minimum atomic E-state index is 0.0511. The maximum Gasteiger partial charge on any atom is 0.272 e. The standard InChI is InChI=1S/C19H23N3O/c1-21(16-9-5-4-6-10-16)17-11-12-20-18(15-17)19(23)22-13-7-2-3-8-14-22/h4-6,9-12,15H,2-3,7-8,13-14H2,1H3. The number of hydrogen-bond acceptors (Lipinski definition) is 3. The number of anilines is 2. The van der Waals surface area contributed by atoms with Crippen molar-refractivity contribution < 1.29 is 4.79 Å². The lowest BCUT2D eigenvalue weighted by molar-refractivity contribution is 0.0756. The number of nitrogens with zero attached hydrogens (tertiary/aromatic N) is 3. The van der Waals surface area contributed by atoms with Gasteiger partial charge in [-0.15, -0.1) is 0 Å². The van der Waals surface area contributed by atoms with Crippen molar-refractivity contribution in [3.05, 3.63) is 54.4 Å². The average Bonchev–Trinajstić information content (AvgIpc) is 2.91. The van der Waals surface area contributed by atoms with Crippen molar-refractivity contribution in [1.82, 2.24) is 9.88 Å². The van der Waals surface area contributed by atoms with Gasteiger partial charge in [-0.1, -0.05) is 31.0 Å². The Morgan fingerprint density at radius 2 is 1.70 bits per heavy atom. The number of para-hydroxylation sites is 1. The molecule has 0 atom stereocenters. The monoisotopic (exact) mass is 309 g/mol. The van der Waals surface area contributed by atoms with Crippen molar-refractivity contribution in [2.24, 2.45) is 0 Å². The van der Waals surface area contributed by atoms with E-state index in [1.807, 2.05) is 42.3 Å². The van der Waals surface area contributed by atoms with Crippen LogP contribution in [-0.4, -0.2) is 35.9 Å². The van der Waals surface area contributed by atoms with Crippen LogP contribution in [-0.2, 0) is 0 Å². The summed E-state index contributed by atoms with van der Waals surface area (Å²) in [6.07, 6.45) is 6.34. The molecule has 2 aromatic rings. The predicted molar refractivity (Wildman–Crippen MR) is 93.1 cm³/mol. The predicted octanol–water partition coefficient (Wildman–Crippen LogP) is 3.87. The maximum absolute atomic E-state index is 12.7. The highest BCUT2D eigenvalue weighted by Gasteiger charge is 2.19. The minimum Gasteiger partial charge on any atom is -0.345 e. The highest BCUT2D eigenvalue weighted by Crippen LogP contribution is 2.23. The van der Waals surface area contributed by atoms with Crippen molar-refractivity contribution >= 4 is 17.3 Å². The topological polar surface area (TPSA) is 36.4 Å². The van der Waals surface area contributed by atoms with E-state index in [1.165, 1.54) is 12.8 Å². The second kappa shape index (κ2) is 7.27. The Kier molecular flexibility index (Phi) is 4.91. The molecule has 2 heterocycles. The van der Waals surface area contributed by atoms with E-state index >= 15 is 0 Å². The van der Waals surface area contributed by atoms with Gasteiger partial charge in [0.25, 0.3) is 5.91 Å². The molecule has 1 saturated heterocycles. The van der Waals surface area contributed by atoms with Crippen molar-refractivity contribution in [3.63, 3.8) is 0 Å². The van der Waals surface area contributed by atoms with Crippen LogP contribution >= 0.6 is 0 Å². The lowest BCUT2D eigenvalue weighted by atomic mass is 10.2. The van der Waals surface area contributed by atoms with Gasteiger partial charge in [-0.25, -0.2) is 0 Å². The van der Waals surface area contributed by atoms with E-state index in [2.05, 4.69) is 22.0 Å². The third-order valence-corrected chi connectivity index (χ3v) is 4.39. The van der Waals surface area contributed by atoms with Gasteiger partial charge in [0.05, 0.1) is 0 Å². The van der Waals surface area contributed by atoms with Crippen molar-refractivity contribution in [2.45, 2.75) is 25.7 Å². The Balaban J connectivity index is 1.80. The number of hydrogen-bond donors (Lipinski definition) is 0. The molecule has 0 unspecified atom stereocenters. The van der Waals surface area contributed by atoms with Gasteiger partial charge in [0.15, 0.2) is 0 Å². The summed E-state index contributed by atoms with van der Waals surface area (Å²) in [6.45, 7) is 1.69. The molecule has 0 N–H and O–H groups in total. The Labute approximate surface area is 137 Å². The highest BCUT2D eigenvalue weighted by atomic mass is 16.2. The molecule has 0 radical (unpaired) electrons. The van der Waals surface area contributed by atoms with Gasteiger partial charge in [-0.05, 0) is 37.1 Å². The number of rotatable bonds is 3. The zero-order valence-electron chi connectivity index (χ0n) is 13.6. The van der Waals surface area contributed by atoms with Gasteiger partial charge < -0.3 is 9.80 Å². The number of carbonyl (C=O) groups is 1.